The summed E-state index contributed by atoms with van der Waals surface area (Å²) in [5, 5.41) is 3.17. The van der Waals surface area contributed by atoms with E-state index in [0.717, 1.165) is 15.6 Å². The molecule has 2 aromatic carbocycles. The lowest BCUT2D eigenvalue weighted by atomic mass is 10.1. The van der Waals surface area contributed by atoms with Crippen molar-refractivity contribution < 1.29 is 14.3 Å². The molecule has 1 N–H and O–H groups in total. The molecule has 0 heterocycles. The van der Waals surface area contributed by atoms with E-state index in [9.17, 15) is 4.79 Å². The van der Waals surface area contributed by atoms with E-state index in [0.29, 0.717) is 22.2 Å². The van der Waals surface area contributed by atoms with Crippen LogP contribution in [-0.4, -0.2) is 19.6 Å². The molecular formula is C17H17BrClNO3. The van der Waals surface area contributed by atoms with Gasteiger partial charge in [-0.3, -0.25) is 4.79 Å². The van der Waals surface area contributed by atoms with Gasteiger partial charge in [-0.1, -0.05) is 17.7 Å². The van der Waals surface area contributed by atoms with Crippen molar-refractivity contribution in [3.05, 3.63) is 51.0 Å². The molecular weight excluding hydrogens is 382 g/mol. The summed E-state index contributed by atoms with van der Waals surface area (Å²) in [5.74, 6) is 0.955. The van der Waals surface area contributed by atoms with Gasteiger partial charge in [-0.05, 0) is 65.2 Å². The van der Waals surface area contributed by atoms with E-state index in [1.807, 2.05) is 26.0 Å². The maximum Gasteiger partial charge on any atom is 0.262 e. The highest BCUT2D eigenvalue weighted by Crippen LogP contribution is 2.30. The molecule has 2 aromatic rings. The third-order valence-electron chi connectivity index (χ3n) is 3.16. The molecule has 0 saturated heterocycles. The number of nitrogens with one attached hydrogen (secondary N) is 1. The second-order valence-corrected chi connectivity index (χ2v) is 6.34. The fourth-order valence-electron chi connectivity index (χ4n) is 2.16. The Morgan fingerprint density at radius 2 is 2.00 bits per heavy atom. The summed E-state index contributed by atoms with van der Waals surface area (Å²) in [6.07, 6.45) is 0. The number of rotatable bonds is 5. The van der Waals surface area contributed by atoms with Crippen molar-refractivity contribution in [3.8, 4) is 11.5 Å². The van der Waals surface area contributed by atoms with Gasteiger partial charge < -0.3 is 14.8 Å². The molecule has 23 heavy (non-hydrogen) atoms. The molecule has 0 aliphatic rings. The number of hydrogen-bond acceptors (Lipinski definition) is 3. The third-order valence-corrected chi connectivity index (χ3v) is 4.04. The van der Waals surface area contributed by atoms with Crippen LogP contribution in [0.15, 0.2) is 34.8 Å². The van der Waals surface area contributed by atoms with Crippen molar-refractivity contribution in [2.24, 2.45) is 0 Å². The van der Waals surface area contributed by atoms with Crippen molar-refractivity contribution in [1.29, 1.82) is 0 Å². The molecule has 0 bridgehead atoms. The van der Waals surface area contributed by atoms with Gasteiger partial charge in [-0.2, -0.15) is 0 Å². The number of amides is 1. The first-order valence-electron chi connectivity index (χ1n) is 6.93. The summed E-state index contributed by atoms with van der Waals surface area (Å²) in [5.41, 5.74) is 2.68. The monoisotopic (exact) mass is 397 g/mol. The Bertz CT molecular complexity index is 711. The van der Waals surface area contributed by atoms with Crippen LogP contribution in [0.5, 0.6) is 11.5 Å². The second-order valence-electron chi connectivity index (χ2n) is 5.08. The molecule has 0 aliphatic carbocycles. The van der Waals surface area contributed by atoms with Crippen LogP contribution in [0.4, 0.5) is 5.69 Å². The molecule has 4 nitrogen and oxygen atoms in total. The zero-order chi connectivity index (χ0) is 17.0. The Morgan fingerprint density at radius 3 is 2.61 bits per heavy atom. The summed E-state index contributed by atoms with van der Waals surface area (Å²) >= 11 is 9.48. The Kier molecular flexibility index (Phi) is 5.91. The van der Waals surface area contributed by atoms with Crippen LogP contribution in [0.1, 0.15) is 11.1 Å². The summed E-state index contributed by atoms with van der Waals surface area (Å²) in [4.78, 5) is 12.0. The lowest BCUT2D eigenvalue weighted by molar-refractivity contribution is -0.118. The normalized spacial score (nSPS) is 10.3. The number of ether oxygens (including phenoxy) is 2. The quantitative estimate of drug-likeness (QED) is 0.791. The highest BCUT2D eigenvalue weighted by molar-refractivity contribution is 9.10. The van der Waals surface area contributed by atoms with Crippen molar-refractivity contribution in [3.63, 3.8) is 0 Å². The second kappa shape index (κ2) is 7.70. The van der Waals surface area contributed by atoms with Gasteiger partial charge in [0.05, 0.1) is 16.6 Å². The largest absolute Gasteiger partial charge is 0.495 e. The lowest BCUT2D eigenvalue weighted by Gasteiger charge is -2.12. The van der Waals surface area contributed by atoms with E-state index in [2.05, 4.69) is 21.2 Å². The van der Waals surface area contributed by atoms with Crippen molar-refractivity contribution in [2.45, 2.75) is 13.8 Å². The highest BCUT2D eigenvalue weighted by atomic mass is 79.9. The molecule has 0 unspecified atom stereocenters. The molecule has 6 heteroatoms. The van der Waals surface area contributed by atoms with E-state index >= 15 is 0 Å². The Hall–Kier alpha value is -1.72. The molecule has 0 aromatic heterocycles. The summed E-state index contributed by atoms with van der Waals surface area (Å²) in [7, 11) is 1.54. The van der Waals surface area contributed by atoms with Gasteiger partial charge >= 0.3 is 0 Å². The zero-order valence-electron chi connectivity index (χ0n) is 13.1. The number of carbonyl (C=O) groups is 1. The van der Waals surface area contributed by atoms with E-state index in [1.54, 1.807) is 18.2 Å². The smallest absolute Gasteiger partial charge is 0.262 e. The number of methoxy groups -OCH3 is 1. The Balaban J connectivity index is 1.99. The van der Waals surface area contributed by atoms with E-state index in [4.69, 9.17) is 21.1 Å². The molecule has 0 fully saturated rings. The standard InChI is InChI=1S/C17H17BrClNO3/c1-10-6-11(2)17(13(18)7-10)23-9-16(21)20-12-4-5-15(22-3)14(19)8-12/h4-8H,9H2,1-3H3,(H,20,21). The van der Waals surface area contributed by atoms with E-state index < -0.39 is 0 Å². The fourth-order valence-corrected chi connectivity index (χ4v) is 3.21. The maximum absolute atomic E-state index is 12.0. The van der Waals surface area contributed by atoms with Crippen LogP contribution in [0.2, 0.25) is 5.02 Å². The van der Waals surface area contributed by atoms with Gasteiger partial charge in [0.25, 0.3) is 5.91 Å². The van der Waals surface area contributed by atoms with Crippen molar-refractivity contribution in [1.82, 2.24) is 0 Å². The fraction of sp³-hybridized carbons (Fsp3) is 0.235. The number of halogens is 2. The van der Waals surface area contributed by atoms with Crippen LogP contribution >= 0.6 is 27.5 Å². The topological polar surface area (TPSA) is 47.6 Å². The molecule has 0 atom stereocenters. The predicted octanol–water partition coefficient (Wildman–Crippen LogP) is 4.75. The maximum atomic E-state index is 12.0. The van der Waals surface area contributed by atoms with Crippen LogP contribution in [0, 0.1) is 13.8 Å². The van der Waals surface area contributed by atoms with Crippen LogP contribution in [0.25, 0.3) is 0 Å². The number of anilines is 1. The number of carbonyl (C=O) groups excluding carboxylic acids is 1. The summed E-state index contributed by atoms with van der Waals surface area (Å²) in [6.45, 7) is 3.85. The number of hydrogen-bond donors (Lipinski definition) is 1. The lowest BCUT2D eigenvalue weighted by Crippen LogP contribution is -2.20. The van der Waals surface area contributed by atoms with Crippen LogP contribution in [-0.2, 0) is 4.79 Å². The Labute approximate surface area is 148 Å². The first-order valence-corrected chi connectivity index (χ1v) is 8.10. The Morgan fingerprint density at radius 1 is 1.26 bits per heavy atom. The number of aryl methyl sites for hydroxylation is 2. The molecule has 122 valence electrons. The summed E-state index contributed by atoms with van der Waals surface area (Å²) in [6, 6.07) is 8.99. The van der Waals surface area contributed by atoms with E-state index in [1.165, 1.54) is 7.11 Å². The third kappa shape index (κ3) is 4.62. The average Bonchev–Trinajstić information content (AvgIpc) is 2.46. The minimum atomic E-state index is -0.266. The molecule has 0 saturated carbocycles. The molecule has 1 amide bonds. The molecule has 0 radical (unpaired) electrons. The van der Waals surface area contributed by atoms with Gasteiger partial charge in [-0.25, -0.2) is 0 Å². The van der Waals surface area contributed by atoms with Gasteiger partial charge in [0.15, 0.2) is 6.61 Å². The predicted molar refractivity (Wildman–Crippen MR) is 95.7 cm³/mol. The van der Waals surface area contributed by atoms with Gasteiger partial charge in [0.2, 0.25) is 0 Å². The van der Waals surface area contributed by atoms with Gasteiger partial charge in [0, 0.05) is 5.69 Å². The number of benzene rings is 2. The van der Waals surface area contributed by atoms with Crippen molar-refractivity contribution in [2.75, 3.05) is 19.0 Å². The molecule has 2 rings (SSSR count). The van der Waals surface area contributed by atoms with Crippen LogP contribution < -0.4 is 14.8 Å². The minimum absolute atomic E-state index is 0.0911. The minimum Gasteiger partial charge on any atom is -0.495 e. The highest BCUT2D eigenvalue weighted by Gasteiger charge is 2.10. The average molecular weight is 399 g/mol. The van der Waals surface area contributed by atoms with Gasteiger partial charge in [0.1, 0.15) is 11.5 Å². The molecule has 0 aliphatic heterocycles. The summed E-state index contributed by atoms with van der Waals surface area (Å²) < 4.78 is 11.5. The van der Waals surface area contributed by atoms with Gasteiger partial charge in [-0.15, -0.1) is 0 Å². The first-order chi connectivity index (χ1) is 10.9. The van der Waals surface area contributed by atoms with E-state index in [-0.39, 0.29) is 12.5 Å². The van der Waals surface area contributed by atoms with Crippen LogP contribution in [0.3, 0.4) is 0 Å². The SMILES string of the molecule is COc1ccc(NC(=O)COc2c(C)cc(C)cc2Br)cc1Cl. The molecule has 0 spiro atoms. The zero-order valence-corrected chi connectivity index (χ0v) is 15.4. The first kappa shape index (κ1) is 17.6. The van der Waals surface area contributed by atoms with Crippen molar-refractivity contribution >= 4 is 39.1 Å².